The third-order valence-electron chi connectivity index (χ3n) is 2.53. The molecule has 0 saturated heterocycles. The van der Waals surface area contributed by atoms with Gasteiger partial charge in [0.2, 0.25) is 5.78 Å². The van der Waals surface area contributed by atoms with E-state index in [-0.39, 0.29) is 11.5 Å². The van der Waals surface area contributed by atoms with Crippen LogP contribution in [-0.4, -0.2) is 22.9 Å². The highest BCUT2D eigenvalue weighted by molar-refractivity contribution is 6.64. The van der Waals surface area contributed by atoms with Crippen LogP contribution in [0.5, 0.6) is 0 Å². The number of hydrogen-bond acceptors (Lipinski definition) is 5. The van der Waals surface area contributed by atoms with Gasteiger partial charge in [-0.05, 0) is 12.1 Å². The third-order valence-corrected chi connectivity index (χ3v) is 2.53. The van der Waals surface area contributed by atoms with Crippen molar-refractivity contribution in [1.82, 2.24) is 0 Å². The molecule has 0 bridgehead atoms. The van der Waals surface area contributed by atoms with E-state index in [1.54, 1.807) is 24.3 Å². The van der Waals surface area contributed by atoms with Crippen LogP contribution in [0.1, 0.15) is 10.4 Å². The number of carbonyl (C=O) groups excluding carboxylic acids is 1. The molecule has 100 valence electrons. The molecule has 5 heteroatoms. The van der Waals surface area contributed by atoms with E-state index in [2.05, 4.69) is 15.7 Å². The van der Waals surface area contributed by atoms with E-state index in [0.717, 1.165) is 11.9 Å². The van der Waals surface area contributed by atoms with E-state index in [0.29, 0.717) is 5.56 Å². The average Bonchev–Trinajstić information content (AvgIpc) is 2.52. The van der Waals surface area contributed by atoms with Gasteiger partial charge in [-0.2, -0.15) is 5.10 Å². The molecule has 2 N–H and O–H groups in total. The molecule has 0 aromatic heterocycles. The first-order valence-corrected chi connectivity index (χ1v) is 5.97. The van der Waals surface area contributed by atoms with Crippen LogP contribution in [0.4, 0.5) is 5.69 Å². The highest BCUT2D eigenvalue weighted by Gasteiger charge is 2.12. The van der Waals surface area contributed by atoms with Crippen molar-refractivity contribution in [2.45, 2.75) is 0 Å². The van der Waals surface area contributed by atoms with Gasteiger partial charge in [-0.15, -0.1) is 0 Å². The van der Waals surface area contributed by atoms with Gasteiger partial charge < -0.3 is 5.21 Å². The molecule has 0 aliphatic rings. The van der Waals surface area contributed by atoms with E-state index < -0.39 is 0 Å². The van der Waals surface area contributed by atoms with Crippen LogP contribution in [0, 0.1) is 0 Å². The summed E-state index contributed by atoms with van der Waals surface area (Å²) in [5.74, 6) is -0.327. The van der Waals surface area contributed by atoms with E-state index in [1.165, 1.54) is 0 Å². The number of nitrogens with one attached hydrogen (secondary N) is 1. The molecule has 20 heavy (non-hydrogen) atoms. The number of anilines is 1. The summed E-state index contributed by atoms with van der Waals surface area (Å²) in [6, 6.07) is 17.9. The molecule has 0 heterocycles. The van der Waals surface area contributed by atoms with Gasteiger partial charge in [0.25, 0.3) is 0 Å². The standard InChI is InChI=1S/C15H13N3O2/c19-15(12-7-3-1-4-8-12)14(11-16-20)18-17-13-9-5-2-6-10-13/h1-11,17,20H. The number of ketones is 1. The Balaban J connectivity index is 2.21. The van der Waals surface area contributed by atoms with Gasteiger partial charge in [0.1, 0.15) is 0 Å². The van der Waals surface area contributed by atoms with Crippen LogP contribution >= 0.6 is 0 Å². The van der Waals surface area contributed by atoms with E-state index in [9.17, 15) is 4.79 Å². The first kappa shape index (κ1) is 13.5. The molecule has 0 spiro atoms. The molecule has 5 nitrogen and oxygen atoms in total. The number of hydrazone groups is 1. The Hall–Kier alpha value is -2.95. The van der Waals surface area contributed by atoms with Crippen LogP contribution in [0.2, 0.25) is 0 Å². The fourth-order valence-corrected chi connectivity index (χ4v) is 1.57. The van der Waals surface area contributed by atoms with Gasteiger partial charge >= 0.3 is 0 Å². The first-order valence-electron chi connectivity index (χ1n) is 5.97. The average molecular weight is 267 g/mol. The zero-order valence-corrected chi connectivity index (χ0v) is 10.6. The number of carbonyl (C=O) groups is 1. The SMILES string of the molecule is O=C(C(C=NO)=NNc1ccccc1)c1ccccc1. The van der Waals surface area contributed by atoms with Crippen LogP contribution in [-0.2, 0) is 0 Å². The summed E-state index contributed by atoms with van der Waals surface area (Å²) in [5, 5.41) is 15.5. The summed E-state index contributed by atoms with van der Waals surface area (Å²) in [7, 11) is 0. The number of Topliss-reactive ketones (excluding diaryl/α,β-unsaturated/α-hetero) is 1. The van der Waals surface area contributed by atoms with E-state index in [1.807, 2.05) is 36.4 Å². The molecule has 0 aliphatic carbocycles. The van der Waals surface area contributed by atoms with Crippen molar-refractivity contribution >= 4 is 23.4 Å². The van der Waals surface area contributed by atoms with Gasteiger partial charge in [-0.25, -0.2) is 0 Å². The summed E-state index contributed by atoms with van der Waals surface area (Å²) in [4.78, 5) is 12.2. The maximum atomic E-state index is 12.2. The second kappa shape index (κ2) is 6.84. The summed E-state index contributed by atoms with van der Waals surface area (Å²) >= 11 is 0. The number of oxime groups is 1. The van der Waals surface area contributed by atoms with Crippen molar-refractivity contribution in [3.8, 4) is 0 Å². The van der Waals surface area contributed by atoms with Gasteiger partial charge in [-0.1, -0.05) is 53.7 Å². The zero-order chi connectivity index (χ0) is 14.2. The summed E-state index contributed by atoms with van der Waals surface area (Å²) in [6.07, 6.45) is 1.01. The lowest BCUT2D eigenvalue weighted by atomic mass is 10.1. The Morgan fingerprint density at radius 2 is 1.60 bits per heavy atom. The molecule has 0 unspecified atom stereocenters. The Bertz CT molecular complexity index is 622. The molecule has 0 atom stereocenters. The number of nitrogens with zero attached hydrogens (tertiary/aromatic N) is 2. The molecule has 2 aromatic carbocycles. The highest BCUT2D eigenvalue weighted by Crippen LogP contribution is 2.06. The number of para-hydroxylation sites is 1. The Morgan fingerprint density at radius 3 is 2.20 bits per heavy atom. The minimum atomic E-state index is -0.327. The molecule has 0 aliphatic heterocycles. The molecule has 0 fully saturated rings. The highest BCUT2D eigenvalue weighted by atomic mass is 16.4. The monoisotopic (exact) mass is 267 g/mol. The van der Waals surface area contributed by atoms with Crippen molar-refractivity contribution in [2.75, 3.05) is 5.43 Å². The quantitative estimate of drug-likeness (QED) is 0.378. The van der Waals surface area contributed by atoms with Crippen LogP contribution in [0.25, 0.3) is 0 Å². The van der Waals surface area contributed by atoms with E-state index in [4.69, 9.17) is 5.21 Å². The Labute approximate surface area is 116 Å². The molecule has 0 amide bonds. The number of benzene rings is 2. The summed E-state index contributed by atoms with van der Waals surface area (Å²) < 4.78 is 0. The topological polar surface area (TPSA) is 74.0 Å². The molecule has 0 saturated carbocycles. The molecule has 2 rings (SSSR count). The van der Waals surface area contributed by atoms with Crippen molar-refractivity contribution < 1.29 is 10.0 Å². The second-order valence-corrected chi connectivity index (χ2v) is 3.91. The number of rotatable bonds is 5. The molecular formula is C15H13N3O2. The lowest BCUT2D eigenvalue weighted by Crippen LogP contribution is -2.17. The fourth-order valence-electron chi connectivity index (χ4n) is 1.57. The van der Waals surface area contributed by atoms with Crippen molar-refractivity contribution in [3.63, 3.8) is 0 Å². The predicted molar refractivity (Wildman–Crippen MR) is 78.6 cm³/mol. The maximum Gasteiger partial charge on any atom is 0.214 e. The lowest BCUT2D eigenvalue weighted by Gasteiger charge is -2.03. The summed E-state index contributed by atoms with van der Waals surface area (Å²) in [5.41, 5.74) is 3.97. The number of hydrogen-bond donors (Lipinski definition) is 2. The van der Waals surface area contributed by atoms with Gasteiger partial charge in [0, 0.05) is 5.56 Å². The van der Waals surface area contributed by atoms with Crippen LogP contribution in [0.3, 0.4) is 0 Å². The van der Waals surface area contributed by atoms with Crippen LogP contribution < -0.4 is 5.43 Å². The van der Waals surface area contributed by atoms with E-state index >= 15 is 0 Å². The van der Waals surface area contributed by atoms with Gasteiger partial charge in [0.15, 0.2) is 5.71 Å². The van der Waals surface area contributed by atoms with Crippen molar-refractivity contribution in [1.29, 1.82) is 0 Å². The Kier molecular flexibility index (Phi) is 4.61. The minimum absolute atomic E-state index is 0.0163. The van der Waals surface area contributed by atoms with Crippen molar-refractivity contribution in [2.24, 2.45) is 10.3 Å². The van der Waals surface area contributed by atoms with Crippen molar-refractivity contribution in [3.05, 3.63) is 66.2 Å². The molecule has 0 radical (unpaired) electrons. The molecule has 2 aromatic rings. The minimum Gasteiger partial charge on any atom is -0.411 e. The van der Waals surface area contributed by atoms with Gasteiger partial charge in [0.05, 0.1) is 11.9 Å². The smallest absolute Gasteiger partial charge is 0.214 e. The van der Waals surface area contributed by atoms with Gasteiger partial charge in [-0.3, -0.25) is 10.2 Å². The summed E-state index contributed by atoms with van der Waals surface area (Å²) in [6.45, 7) is 0. The lowest BCUT2D eigenvalue weighted by molar-refractivity contribution is 0.106. The predicted octanol–water partition coefficient (Wildman–Crippen LogP) is 2.80. The Morgan fingerprint density at radius 1 is 1.00 bits per heavy atom. The normalized spacial score (nSPS) is 11.5. The third kappa shape index (κ3) is 3.52. The largest absolute Gasteiger partial charge is 0.411 e. The first-order chi connectivity index (χ1) is 9.81. The molecular weight excluding hydrogens is 254 g/mol. The fraction of sp³-hybridized carbons (Fsp3) is 0. The zero-order valence-electron chi connectivity index (χ0n) is 10.6. The maximum absolute atomic E-state index is 12.2. The second-order valence-electron chi connectivity index (χ2n) is 3.91. The van der Waals surface area contributed by atoms with Crippen LogP contribution in [0.15, 0.2) is 70.9 Å².